The van der Waals surface area contributed by atoms with Gasteiger partial charge in [-0.25, -0.2) is 0 Å². The number of hydrogen-bond acceptors (Lipinski definition) is 3. The van der Waals surface area contributed by atoms with Gasteiger partial charge in [0, 0.05) is 7.05 Å². The Labute approximate surface area is 125 Å². The maximum absolute atomic E-state index is 12.8. The molecule has 1 aliphatic carbocycles. The maximum atomic E-state index is 12.8. The zero-order chi connectivity index (χ0) is 14.8. The third kappa shape index (κ3) is 2.87. The first-order valence-electron chi connectivity index (χ1n) is 7.06. The molecule has 20 heavy (non-hydrogen) atoms. The van der Waals surface area contributed by atoms with Crippen molar-refractivity contribution >= 4 is 23.1 Å². The van der Waals surface area contributed by atoms with E-state index in [1.165, 1.54) is 0 Å². The van der Waals surface area contributed by atoms with Crippen molar-refractivity contribution in [3.05, 3.63) is 23.7 Å². The third-order valence-corrected chi connectivity index (χ3v) is 4.51. The van der Waals surface area contributed by atoms with Gasteiger partial charge in [-0.3, -0.25) is 4.79 Å². The average Bonchev–Trinajstić information content (AvgIpc) is 2.83. The van der Waals surface area contributed by atoms with Gasteiger partial charge in [-0.05, 0) is 31.9 Å². The van der Waals surface area contributed by atoms with E-state index in [1.54, 1.807) is 11.9 Å². The topological polar surface area (TPSA) is 59.5 Å². The van der Waals surface area contributed by atoms with Crippen LogP contribution < -0.4 is 5.73 Å². The minimum atomic E-state index is -0.649. The molecule has 0 unspecified atom stereocenters. The van der Waals surface area contributed by atoms with Crippen molar-refractivity contribution in [2.75, 3.05) is 7.05 Å². The lowest BCUT2D eigenvalue weighted by molar-refractivity contribution is -0.139. The first kappa shape index (κ1) is 15.0. The lowest BCUT2D eigenvalue weighted by Crippen LogP contribution is -2.50. The minimum absolute atomic E-state index is 0.0266. The van der Waals surface area contributed by atoms with Gasteiger partial charge >= 0.3 is 0 Å². The largest absolute Gasteiger partial charge is 0.464 e. The van der Waals surface area contributed by atoms with Crippen LogP contribution >= 0.6 is 12.2 Å². The van der Waals surface area contributed by atoms with Crippen LogP contribution in [0.2, 0.25) is 0 Å². The van der Waals surface area contributed by atoms with E-state index in [4.69, 9.17) is 22.4 Å². The molecule has 1 aromatic heterocycles. The summed E-state index contributed by atoms with van der Waals surface area (Å²) < 4.78 is 5.53. The second kappa shape index (κ2) is 5.95. The van der Waals surface area contributed by atoms with E-state index >= 15 is 0 Å². The Morgan fingerprint density at radius 2 is 2.05 bits per heavy atom. The average molecular weight is 294 g/mol. The molecule has 4 nitrogen and oxygen atoms in total. The van der Waals surface area contributed by atoms with Crippen LogP contribution in [0, 0.1) is 12.3 Å². The Hall–Kier alpha value is -1.36. The molecule has 5 heteroatoms. The summed E-state index contributed by atoms with van der Waals surface area (Å²) in [5, 5.41) is 0. The third-order valence-electron chi connectivity index (χ3n) is 4.12. The highest BCUT2D eigenvalue weighted by molar-refractivity contribution is 7.80. The minimum Gasteiger partial charge on any atom is -0.464 e. The fraction of sp³-hybridized carbons (Fsp3) is 0.600. The van der Waals surface area contributed by atoms with Crippen LogP contribution in [0.5, 0.6) is 0 Å². The Morgan fingerprint density at radius 1 is 1.40 bits per heavy atom. The predicted molar refractivity (Wildman–Crippen MR) is 82.2 cm³/mol. The number of furan rings is 1. The predicted octanol–water partition coefficient (Wildman–Crippen LogP) is 2.78. The van der Waals surface area contributed by atoms with Gasteiger partial charge in [-0.2, -0.15) is 0 Å². The summed E-state index contributed by atoms with van der Waals surface area (Å²) in [4.78, 5) is 14.8. The molecule has 1 heterocycles. The van der Waals surface area contributed by atoms with E-state index in [9.17, 15) is 4.79 Å². The van der Waals surface area contributed by atoms with Crippen molar-refractivity contribution in [2.45, 2.75) is 45.6 Å². The lowest BCUT2D eigenvalue weighted by atomic mass is 9.73. The molecule has 110 valence electrons. The SMILES string of the molecule is Cc1ccc(CN(C)C(=O)C2(C(N)=S)CCCCC2)o1. The van der Waals surface area contributed by atoms with Gasteiger partial charge in [0.25, 0.3) is 0 Å². The van der Waals surface area contributed by atoms with Gasteiger partial charge in [0.05, 0.1) is 16.9 Å². The van der Waals surface area contributed by atoms with Crippen LogP contribution in [-0.4, -0.2) is 22.8 Å². The van der Waals surface area contributed by atoms with Gasteiger partial charge in [-0.1, -0.05) is 31.5 Å². The second-order valence-electron chi connectivity index (χ2n) is 5.68. The number of rotatable bonds is 4. The standard InChI is InChI=1S/C15H22N2O2S/c1-11-6-7-12(19-11)10-17(2)14(18)15(13(16)20)8-4-3-5-9-15/h6-7H,3-5,8-10H2,1-2H3,(H2,16,20). The van der Waals surface area contributed by atoms with Crippen molar-refractivity contribution < 1.29 is 9.21 Å². The molecule has 1 saturated carbocycles. The number of nitrogens with zero attached hydrogens (tertiary/aromatic N) is 1. The van der Waals surface area contributed by atoms with Crippen LogP contribution in [-0.2, 0) is 11.3 Å². The van der Waals surface area contributed by atoms with Crippen molar-refractivity contribution in [1.82, 2.24) is 4.90 Å². The molecule has 2 N–H and O–H groups in total. The summed E-state index contributed by atoms with van der Waals surface area (Å²) in [6.07, 6.45) is 4.71. The summed E-state index contributed by atoms with van der Waals surface area (Å²) in [7, 11) is 1.79. The van der Waals surface area contributed by atoms with E-state index in [0.717, 1.165) is 43.6 Å². The summed E-state index contributed by atoms with van der Waals surface area (Å²) >= 11 is 5.20. The molecule has 0 spiro atoms. The molecule has 0 bridgehead atoms. The lowest BCUT2D eigenvalue weighted by Gasteiger charge is -2.37. The molecule has 1 aromatic rings. The highest BCUT2D eigenvalue weighted by Crippen LogP contribution is 2.38. The molecule has 1 fully saturated rings. The summed E-state index contributed by atoms with van der Waals surface area (Å²) in [6, 6.07) is 3.80. The summed E-state index contributed by atoms with van der Waals surface area (Å²) in [6.45, 7) is 2.35. The number of carbonyl (C=O) groups is 1. The van der Waals surface area contributed by atoms with Crippen LogP contribution in [0.1, 0.15) is 43.6 Å². The molecular formula is C15H22N2O2S. The maximum Gasteiger partial charge on any atom is 0.235 e. The van der Waals surface area contributed by atoms with E-state index in [-0.39, 0.29) is 5.91 Å². The normalized spacial score (nSPS) is 17.7. The van der Waals surface area contributed by atoms with Crippen LogP contribution in [0.3, 0.4) is 0 Å². The quantitative estimate of drug-likeness (QED) is 0.868. The molecule has 1 amide bonds. The fourth-order valence-corrected chi connectivity index (χ4v) is 3.25. The van der Waals surface area contributed by atoms with Gasteiger partial charge in [0.2, 0.25) is 5.91 Å². The Morgan fingerprint density at radius 3 is 2.55 bits per heavy atom. The Kier molecular flexibility index (Phi) is 4.48. The summed E-state index contributed by atoms with van der Waals surface area (Å²) in [5.41, 5.74) is 5.25. The zero-order valence-corrected chi connectivity index (χ0v) is 13.0. The number of thiocarbonyl (C=S) groups is 1. The molecule has 0 aromatic carbocycles. The van der Waals surface area contributed by atoms with Gasteiger partial charge < -0.3 is 15.1 Å². The monoisotopic (exact) mass is 294 g/mol. The highest BCUT2D eigenvalue weighted by Gasteiger charge is 2.43. The fourth-order valence-electron chi connectivity index (χ4n) is 2.96. The van der Waals surface area contributed by atoms with Gasteiger partial charge in [-0.15, -0.1) is 0 Å². The van der Waals surface area contributed by atoms with Crippen molar-refractivity contribution in [2.24, 2.45) is 11.1 Å². The Balaban J connectivity index is 2.12. The van der Waals surface area contributed by atoms with Gasteiger partial charge in [0.15, 0.2) is 0 Å². The van der Waals surface area contributed by atoms with Crippen molar-refractivity contribution in [1.29, 1.82) is 0 Å². The number of aryl methyl sites for hydroxylation is 1. The number of amides is 1. The molecule has 0 saturated heterocycles. The molecule has 0 radical (unpaired) electrons. The highest BCUT2D eigenvalue weighted by atomic mass is 32.1. The molecule has 0 atom stereocenters. The van der Waals surface area contributed by atoms with Crippen LogP contribution in [0.15, 0.2) is 16.5 Å². The van der Waals surface area contributed by atoms with Gasteiger partial charge in [0.1, 0.15) is 11.5 Å². The first-order chi connectivity index (χ1) is 9.45. The van der Waals surface area contributed by atoms with E-state index in [0.29, 0.717) is 11.5 Å². The smallest absolute Gasteiger partial charge is 0.235 e. The Bertz CT molecular complexity index is 504. The van der Waals surface area contributed by atoms with Crippen molar-refractivity contribution in [3.63, 3.8) is 0 Å². The van der Waals surface area contributed by atoms with E-state index < -0.39 is 5.41 Å². The first-order valence-corrected chi connectivity index (χ1v) is 7.47. The van der Waals surface area contributed by atoms with E-state index in [1.807, 2.05) is 19.1 Å². The van der Waals surface area contributed by atoms with Crippen LogP contribution in [0.25, 0.3) is 0 Å². The molecule has 1 aliphatic rings. The second-order valence-corrected chi connectivity index (χ2v) is 6.12. The van der Waals surface area contributed by atoms with Crippen LogP contribution in [0.4, 0.5) is 0 Å². The number of carbonyl (C=O) groups excluding carboxylic acids is 1. The molecular weight excluding hydrogens is 272 g/mol. The summed E-state index contributed by atoms with van der Waals surface area (Å²) in [5.74, 6) is 1.66. The zero-order valence-electron chi connectivity index (χ0n) is 12.1. The van der Waals surface area contributed by atoms with Crippen molar-refractivity contribution in [3.8, 4) is 0 Å². The number of nitrogens with two attached hydrogens (primary N) is 1. The number of hydrogen-bond donors (Lipinski definition) is 1. The molecule has 0 aliphatic heterocycles. The molecule has 2 rings (SSSR count). The van der Waals surface area contributed by atoms with E-state index in [2.05, 4.69) is 0 Å².